The summed E-state index contributed by atoms with van der Waals surface area (Å²) in [6.45, 7) is 4.42. The van der Waals surface area contributed by atoms with Gasteiger partial charge in [-0.2, -0.15) is 0 Å². The zero-order chi connectivity index (χ0) is 12.1. The van der Waals surface area contributed by atoms with Gasteiger partial charge in [0, 0.05) is 13.5 Å². The predicted octanol–water partition coefficient (Wildman–Crippen LogP) is 1.79. The maximum atomic E-state index is 10.8. The minimum atomic E-state index is 0.0208. The first-order valence-electron chi connectivity index (χ1n) is 6.29. The van der Waals surface area contributed by atoms with Gasteiger partial charge in [0.2, 0.25) is 5.91 Å². The van der Waals surface area contributed by atoms with Crippen molar-refractivity contribution in [3.8, 4) is 0 Å². The van der Waals surface area contributed by atoms with Crippen LogP contribution in [0.4, 0.5) is 0 Å². The number of carbonyl (C=O) groups is 1. The lowest BCUT2D eigenvalue weighted by molar-refractivity contribution is -0.119. The van der Waals surface area contributed by atoms with Crippen LogP contribution >= 0.6 is 0 Å². The number of rotatable bonds is 3. The highest BCUT2D eigenvalue weighted by Gasteiger charge is 2.14. The lowest BCUT2D eigenvalue weighted by Crippen LogP contribution is -2.26. The van der Waals surface area contributed by atoms with Gasteiger partial charge in [0.05, 0.1) is 0 Å². The molecule has 17 heavy (non-hydrogen) atoms. The van der Waals surface area contributed by atoms with E-state index in [1.54, 1.807) is 6.92 Å². The second-order valence-corrected chi connectivity index (χ2v) is 4.68. The van der Waals surface area contributed by atoms with Gasteiger partial charge in [0.25, 0.3) is 0 Å². The largest absolute Gasteiger partial charge is 0.352 e. The molecule has 1 aliphatic heterocycles. The summed E-state index contributed by atoms with van der Waals surface area (Å²) in [6.07, 6.45) is 2.45. The average molecular weight is 232 g/mol. The van der Waals surface area contributed by atoms with Crippen LogP contribution in [0.1, 0.15) is 36.8 Å². The molecule has 0 spiro atoms. The van der Waals surface area contributed by atoms with E-state index in [1.165, 1.54) is 18.4 Å². The normalized spacial score (nSPS) is 16.8. The Morgan fingerprint density at radius 1 is 1.29 bits per heavy atom. The smallest absolute Gasteiger partial charge is 0.217 e. The third kappa shape index (κ3) is 3.56. The SMILES string of the molecule is CC(=O)NCc1ccc(C2CCNCC2)cc1. The maximum Gasteiger partial charge on any atom is 0.217 e. The zero-order valence-electron chi connectivity index (χ0n) is 10.3. The van der Waals surface area contributed by atoms with Crippen molar-refractivity contribution in [1.82, 2.24) is 10.6 Å². The van der Waals surface area contributed by atoms with Crippen LogP contribution in [0.3, 0.4) is 0 Å². The summed E-state index contributed by atoms with van der Waals surface area (Å²) in [6, 6.07) is 8.64. The molecule has 0 saturated carbocycles. The summed E-state index contributed by atoms with van der Waals surface area (Å²) in [7, 11) is 0. The van der Waals surface area contributed by atoms with Gasteiger partial charge in [-0.3, -0.25) is 4.79 Å². The monoisotopic (exact) mass is 232 g/mol. The third-order valence-electron chi connectivity index (χ3n) is 3.33. The molecule has 0 bridgehead atoms. The van der Waals surface area contributed by atoms with E-state index in [9.17, 15) is 4.79 Å². The molecule has 0 aliphatic carbocycles. The Labute approximate surface area is 103 Å². The van der Waals surface area contributed by atoms with Crippen molar-refractivity contribution in [3.05, 3.63) is 35.4 Å². The first kappa shape index (κ1) is 12.1. The van der Waals surface area contributed by atoms with Crippen molar-refractivity contribution in [2.75, 3.05) is 13.1 Å². The molecule has 0 aromatic heterocycles. The first-order valence-corrected chi connectivity index (χ1v) is 6.29. The third-order valence-corrected chi connectivity index (χ3v) is 3.33. The fourth-order valence-electron chi connectivity index (χ4n) is 2.29. The molecule has 1 fully saturated rings. The Hall–Kier alpha value is -1.35. The molecule has 0 unspecified atom stereocenters. The van der Waals surface area contributed by atoms with Crippen LogP contribution in [0.2, 0.25) is 0 Å². The van der Waals surface area contributed by atoms with Crippen LogP contribution in [0.15, 0.2) is 24.3 Å². The summed E-state index contributed by atoms with van der Waals surface area (Å²) in [5.41, 5.74) is 2.59. The van der Waals surface area contributed by atoms with Gasteiger partial charge in [0.1, 0.15) is 0 Å². The number of carbonyl (C=O) groups excluding carboxylic acids is 1. The van der Waals surface area contributed by atoms with Gasteiger partial charge in [0.15, 0.2) is 0 Å². The van der Waals surface area contributed by atoms with Gasteiger partial charge in [-0.05, 0) is 43.0 Å². The fourth-order valence-corrected chi connectivity index (χ4v) is 2.29. The van der Waals surface area contributed by atoms with Crippen LogP contribution in [0, 0.1) is 0 Å². The minimum absolute atomic E-state index is 0.0208. The van der Waals surface area contributed by atoms with Crippen LogP contribution < -0.4 is 10.6 Å². The van der Waals surface area contributed by atoms with E-state index in [0.717, 1.165) is 18.7 Å². The predicted molar refractivity (Wildman–Crippen MR) is 68.8 cm³/mol. The molecule has 3 nitrogen and oxygen atoms in total. The second-order valence-electron chi connectivity index (χ2n) is 4.68. The number of benzene rings is 1. The molecular weight excluding hydrogens is 212 g/mol. The van der Waals surface area contributed by atoms with Crippen LogP contribution in [0.5, 0.6) is 0 Å². The summed E-state index contributed by atoms with van der Waals surface area (Å²) < 4.78 is 0. The molecule has 0 atom stereocenters. The van der Waals surface area contributed by atoms with Crippen LogP contribution in [0.25, 0.3) is 0 Å². The lowest BCUT2D eigenvalue weighted by atomic mass is 9.90. The molecule has 0 radical (unpaired) electrons. The van der Waals surface area contributed by atoms with Crippen molar-refractivity contribution in [2.24, 2.45) is 0 Å². The second kappa shape index (κ2) is 5.82. The van der Waals surface area contributed by atoms with Gasteiger partial charge in [-0.15, -0.1) is 0 Å². The molecule has 1 saturated heterocycles. The number of piperidine rings is 1. The molecule has 1 heterocycles. The van der Waals surface area contributed by atoms with Crippen molar-refractivity contribution in [3.63, 3.8) is 0 Å². The van der Waals surface area contributed by atoms with Crippen molar-refractivity contribution in [2.45, 2.75) is 32.2 Å². The molecule has 2 rings (SSSR count). The number of hydrogen-bond acceptors (Lipinski definition) is 2. The summed E-state index contributed by atoms with van der Waals surface area (Å²) in [5.74, 6) is 0.721. The highest BCUT2D eigenvalue weighted by Crippen LogP contribution is 2.25. The fraction of sp³-hybridized carbons (Fsp3) is 0.500. The minimum Gasteiger partial charge on any atom is -0.352 e. The van der Waals surface area contributed by atoms with E-state index in [2.05, 4.69) is 34.9 Å². The van der Waals surface area contributed by atoms with Crippen molar-refractivity contribution < 1.29 is 4.79 Å². The lowest BCUT2D eigenvalue weighted by Gasteiger charge is -2.23. The summed E-state index contributed by atoms with van der Waals surface area (Å²) in [5, 5.41) is 6.19. The maximum absolute atomic E-state index is 10.8. The zero-order valence-corrected chi connectivity index (χ0v) is 10.3. The summed E-state index contributed by atoms with van der Waals surface area (Å²) in [4.78, 5) is 10.8. The topological polar surface area (TPSA) is 41.1 Å². The molecule has 3 heteroatoms. The molecule has 1 aromatic carbocycles. The summed E-state index contributed by atoms with van der Waals surface area (Å²) >= 11 is 0. The number of amides is 1. The first-order chi connectivity index (χ1) is 8.25. The van der Waals surface area contributed by atoms with Gasteiger partial charge < -0.3 is 10.6 Å². The molecule has 1 amide bonds. The Morgan fingerprint density at radius 2 is 1.94 bits per heavy atom. The van der Waals surface area contributed by atoms with Gasteiger partial charge >= 0.3 is 0 Å². The van der Waals surface area contributed by atoms with E-state index in [-0.39, 0.29) is 5.91 Å². The molecule has 2 N–H and O–H groups in total. The Kier molecular flexibility index (Phi) is 4.15. The average Bonchev–Trinajstić information content (AvgIpc) is 2.38. The molecular formula is C14H20N2O. The van der Waals surface area contributed by atoms with E-state index in [4.69, 9.17) is 0 Å². The molecule has 1 aliphatic rings. The number of hydrogen-bond donors (Lipinski definition) is 2. The Balaban J connectivity index is 1.94. The highest BCUT2D eigenvalue weighted by molar-refractivity contribution is 5.72. The highest BCUT2D eigenvalue weighted by atomic mass is 16.1. The van der Waals surface area contributed by atoms with Crippen LogP contribution in [-0.4, -0.2) is 19.0 Å². The van der Waals surface area contributed by atoms with Gasteiger partial charge in [-0.25, -0.2) is 0 Å². The van der Waals surface area contributed by atoms with E-state index >= 15 is 0 Å². The number of nitrogens with one attached hydrogen (secondary N) is 2. The Morgan fingerprint density at radius 3 is 2.53 bits per heavy atom. The van der Waals surface area contributed by atoms with Crippen LogP contribution in [-0.2, 0) is 11.3 Å². The van der Waals surface area contributed by atoms with E-state index in [1.807, 2.05) is 0 Å². The quantitative estimate of drug-likeness (QED) is 0.834. The van der Waals surface area contributed by atoms with E-state index < -0.39 is 0 Å². The molecule has 1 aromatic rings. The standard InChI is InChI=1S/C14H20N2O/c1-11(17)16-10-12-2-4-13(5-3-12)14-6-8-15-9-7-14/h2-5,14-15H,6-10H2,1H3,(H,16,17). The van der Waals surface area contributed by atoms with Crippen molar-refractivity contribution in [1.29, 1.82) is 0 Å². The van der Waals surface area contributed by atoms with E-state index in [0.29, 0.717) is 12.5 Å². The molecule has 92 valence electrons. The van der Waals surface area contributed by atoms with Crippen molar-refractivity contribution >= 4 is 5.91 Å². The van der Waals surface area contributed by atoms with Gasteiger partial charge in [-0.1, -0.05) is 24.3 Å². The Bertz CT molecular complexity index is 366.